The number of ether oxygens (including phenoxy) is 2. The number of thiophene rings is 3. The molecule has 9 rings (SSSR count). The molecule has 0 bridgehead atoms. The molecule has 2 aliphatic heterocycles. The van der Waals surface area contributed by atoms with Gasteiger partial charge < -0.3 is 14.4 Å². The van der Waals surface area contributed by atoms with E-state index in [2.05, 4.69) is 83.1 Å². The Kier molecular flexibility index (Phi) is 6.44. The monoisotopic (exact) mass is 643 g/mol. The fourth-order valence-electron chi connectivity index (χ4n) is 6.73. The molecule has 4 aromatic heterocycles. The van der Waals surface area contributed by atoms with Crippen LogP contribution in [0.1, 0.15) is 36.0 Å². The Morgan fingerprint density at radius 3 is 2.47 bits per heavy atom. The third-order valence-electron chi connectivity index (χ3n) is 8.97. The average Bonchev–Trinajstić information content (AvgIpc) is 3.82. The van der Waals surface area contributed by atoms with Crippen molar-refractivity contribution >= 4 is 75.5 Å². The molecule has 6 heterocycles. The molecule has 5 nitrogen and oxygen atoms in total. The van der Waals surface area contributed by atoms with E-state index in [0.29, 0.717) is 11.7 Å². The predicted octanol–water partition coefficient (Wildman–Crippen LogP) is 10.1. The Labute approximate surface area is 273 Å². The lowest BCUT2D eigenvalue weighted by molar-refractivity contribution is 0.161. The molecule has 0 radical (unpaired) electrons. The second-order valence-electron chi connectivity index (χ2n) is 11.6. The van der Waals surface area contributed by atoms with Crippen LogP contribution >= 0.6 is 34.0 Å². The molecule has 1 saturated heterocycles. The average molecular weight is 644 g/mol. The minimum Gasteiger partial charge on any atom is -0.480 e. The number of rotatable bonds is 5. The number of benzene rings is 3. The fraction of sp³-hybridized carbons (Fsp3) is 0.189. The van der Waals surface area contributed by atoms with Gasteiger partial charge in [0.2, 0.25) is 5.88 Å². The third-order valence-corrected chi connectivity index (χ3v) is 12.5. The van der Waals surface area contributed by atoms with Crippen molar-refractivity contribution in [3.05, 3.63) is 107 Å². The van der Waals surface area contributed by atoms with Crippen LogP contribution in [0.2, 0.25) is 0 Å². The van der Waals surface area contributed by atoms with Gasteiger partial charge in [0.05, 0.1) is 32.3 Å². The topological polar surface area (TPSA) is 47.5 Å². The SMILES string of the molecule is COc1nc(-c2cc3sc4ccsc4c3s2)nc2ccc3c(c12)C=CC(c1ccccc1)(c1ccc(N2CCCCC2)cc1)O3. The Bertz CT molecular complexity index is 2230. The second-order valence-corrected chi connectivity index (χ2v) is 14.6. The first-order valence-corrected chi connectivity index (χ1v) is 17.8. The van der Waals surface area contributed by atoms with Crippen LogP contribution in [0.3, 0.4) is 0 Å². The zero-order chi connectivity index (χ0) is 30.0. The van der Waals surface area contributed by atoms with E-state index in [0.717, 1.165) is 51.3 Å². The zero-order valence-electron chi connectivity index (χ0n) is 24.7. The molecule has 8 heteroatoms. The van der Waals surface area contributed by atoms with E-state index in [1.807, 2.05) is 29.5 Å². The Morgan fingerprint density at radius 2 is 1.64 bits per heavy atom. The standard InChI is InChI=1S/C37H29N3O2S3/c1-41-36-32-26-16-18-37(23-8-4-2-5-9-23,24-10-12-25(13-11-24)40-19-6-3-7-20-40)42-28(26)15-14-27(32)38-35(39-36)31-22-30-34(45-31)33-29(44-30)17-21-43-33/h2,4-5,8-18,21-22H,3,6-7,19-20H2,1H3. The van der Waals surface area contributed by atoms with Crippen LogP contribution in [0.25, 0.3) is 46.5 Å². The maximum atomic E-state index is 7.06. The molecule has 3 aromatic carbocycles. The summed E-state index contributed by atoms with van der Waals surface area (Å²) < 4.78 is 18.3. The maximum absolute atomic E-state index is 7.06. The van der Waals surface area contributed by atoms with Crippen LogP contribution in [0.5, 0.6) is 11.6 Å². The molecule has 7 aromatic rings. The van der Waals surface area contributed by atoms with Crippen LogP contribution in [-0.2, 0) is 5.60 Å². The van der Waals surface area contributed by atoms with Gasteiger partial charge in [-0.3, -0.25) is 0 Å². The number of methoxy groups -OCH3 is 1. The van der Waals surface area contributed by atoms with Crippen molar-refractivity contribution < 1.29 is 9.47 Å². The van der Waals surface area contributed by atoms with Crippen LogP contribution in [0, 0.1) is 0 Å². The molecule has 0 spiro atoms. The Morgan fingerprint density at radius 1 is 0.822 bits per heavy atom. The van der Waals surface area contributed by atoms with Crippen molar-refractivity contribution in [2.75, 3.05) is 25.1 Å². The Hall–Kier alpha value is -4.24. The van der Waals surface area contributed by atoms with Crippen LogP contribution < -0.4 is 14.4 Å². The van der Waals surface area contributed by atoms with Crippen molar-refractivity contribution in [3.63, 3.8) is 0 Å². The summed E-state index contributed by atoms with van der Waals surface area (Å²) in [6, 6.07) is 27.9. The minimum atomic E-state index is -0.772. The molecule has 1 fully saturated rings. The summed E-state index contributed by atoms with van der Waals surface area (Å²) in [4.78, 5) is 13.5. The van der Waals surface area contributed by atoms with E-state index < -0.39 is 5.60 Å². The van der Waals surface area contributed by atoms with E-state index in [1.54, 1.807) is 29.8 Å². The lowest BCUT2D eigenvalue weighted by Crippen LogP contribution is -2.34. The van der Waals surface area contributed by atoms with Crippen molar-refractivity contribution in [1.29, 1.82) is 0 Å². The van der Waals surface area contributed by atoms with Crippen LogP contribution in [0.4, 0.5) is 5.69 Å². The van der Waals surface area contributed by atoms with Gasteiger partial charge in [0.15, 0.2) is 11.4 Å². The molecule has 45 heavy (non-hydrogen) atoms. The summed E-state index contributed by atoms with van der Waals surface area (Å²) in [5, 5.41) is 3.02. The summed E-state index contributed by atoms with van der Waals surface area (Å²) in [5.74, 6) is 2.02. The highest BCUT2D eigenvalue weighted by Crippen LogP contribution is 2.48. The van der Waals surface area contributed by atoms with E-state index in [4.69, 9.17) is 19.4 Å². The van der Waals surface area contributed by atoms with Gasteiger partial charge in [0.1, 0.15) is 5.75 Å². The smallest absolute Gasteiger partial charge is 0.225 e. The summed E-state index contributed by atoms with van der Waals surface area (Å²) in [6.07, 6.45) is 8.16. The lowest BCUT2D eigenvalue weighted by Gasteiger charge is -2.37. The van der Waals surface area contributed by atoms with Gasteiger partial charge in [-0.25, -0.2) is 4.98 Å². The van der Waals surface area contributed by atoms with Gasteiger partial charge >= 0.3 is 0 Å². The molecular formula is C37H29N3O2S3. The van der Waals surface area contributed by atoms with Crippen LogP contribution in [0.15, 0.2) is 90.3 Å². The van der Waals surface area contributed by atoms with Gasteiger partial charge in [-0.2, -0.15) is 4.98 Å². The molecule has 1 atom stereocenters. The summed E-state index contributed by atoms with van der Waals surface area (Å²) in [6.45, 7) is 2.24. The van der Waals surface area contributed by atoms with Crippen molar-refractivity contribution in [2.24, 2.45) is 0 Å². The molecule has 1 unspecified atom stereocenters. The first kappa shape index (κ1) is 27.1. The van der Waals surface area contributed by atoms with Crippen molar-refractivity contribution in [3.8, 4) is 22.3 Å². The van der Waals surface area contributed by atoms with E-state index >= 15 is 0 Å². The molecule has 0 amide bonds. The molecular weight excluding hydrogens is 615 g/mol. The number of fused-ring (bicyclic) bond motifs is 6. The summed E-state index contributed by atoms with van der Waals surface area (Å²) >= 11 is 5.37. The molecule has 222 valence electrons. The second kappa shape index (κ2) is 10.7. The summed E-state index contributed by atoms with van der Waals surface area (Å²) in [5.41, 5.74) is 4.43. The van der Waals surface area contributed by atoms with Gasteiger partial charge in [0.25, 0.3) is 0 Å². The quantitative estimate of drug-likeness (QED) is 0.187. The zero-order valence-corrected chi connectivity index (χ0v) is 27.1. The molecule has 0 aliphatic carbocycles. The highest BCUT2D eigenvalue weighted by atomic mass is 32.1. The molecule has 0 saturated carbocycles. The highest BCUT2D eigenvalue weighted by molar-refractivity contribution is 7.38. The number of nitrogens with zero attached hydrogens (tertiary/aromatic N) is 3. The van der Waals surface area contributed by atoms with Crippen molar-refractivity contribution in [1.82, 2.24) is 9.97 Å². The number of hydrogen-bond donors (Lipinski definition) is 0. The number of aromatic nitrogens is 2. The number of anilines is 1. The largest absolute Gasteiger partial charge is 0.480 e. The molecule has 0 N–H and O–H groups in total. The maximum Gasteiger partial charge on any atom is 0.225 e. The fourth-order valence-corrected chi connectivity index (χ4v) is 10.4. The number of piperidine rings is 1. The predicted molar refractivity (Wildman–Crippen MR) is 190 cm³/mol. The van der Waals surface area contributed by atoms with E-state index in [9.17, 15) is 0 Å². The summed E-state index contributed by atoms with van der Waals surface area (Å²) in [7, 11) is 1.68. The van der Waals surface area contributed by atoms with E-state index in [1.165, 1.54) is 43.7 Å². The Balaban J connectivity index is 1.14. The first-order valence-electron chi connectivity index (χ1n) is 15.3. The van der Waals surface area contributed by atoms with Crippen LogP contribution in [-0.4, -0.2) is 30.2 Å². The van der Waals surface area contributed by atoms with Crippen molar-refractivity contribution in [2.45, 2.75) is 24.9 Å². The minimum absolute atomic E-state index is 0.552. The van der Waals surface area contributed by atoms with E-state index in [-0.39, 0.29) is 0 Å². The van der Waals surface area contributed by atoms with Gasteiger partial charge in [-0.15, -0.1) is 34.0 Å². The van der Waals surface area contributed by atoms with Gasteiger partial charge in [-0.1, -0.05) is 42.5 Å². The third kappa shape index (κ3) is 4.38. The molecule has 2 aliphatic rings. The highest BCUT2D eigenvalue weighted by Gasteiger charge is 2.38. The lowest BCUT2D eigenvalue weighted by atomic mass is 9.83. The first-order chi connectivity index (χ1) is 22.2. The van der Waals surface area contributed by atoms with Gasteiger partial charge in [0, 0.05) is 44.9 Å². The van der Waals surface area contributed by atoms with Gasteiger partial charge in [-0.05, 0) is 73.2 Å². The normalized spacial score (nSPS) is 18.0. The number of hydrogen-bond acceptors (Lipinski definition) is 8.